The second kappa shape index (κ2) is 5.36. The number of hydrogen-bond donors (Lipinski definition) is 0. The molecule has 0 fully saturated rings. The first kappa shape index (κ1) is 12.8. The summed E-state index contributed by atoms with van der Waals surface area (Å²) in [5, 5.41) is 0. The topological polar surface area (TPSA) is 26.3 Å². The summed E-state index contributed by atoms with van der Waals surface area (Å²) in [5.74, 6) is 0.918. The number of carbonyl (C=O) groups is 1. The third-order valence-corrected chi connectivity index (χ3v) is 3.62. The summed E-state index contributed by atoms with van der Waals surface area (Å²) in [7, 11) is 0. The van der Waals surface area contributed by atoms with Crippen LogP contribution in [0.1, 0.15) is 29.1 Å². The van der Waals surface area contributed by atoms with Crippen molar-refractivity contribution in [1.82, 2.24) is 0 Å². The van der Waals surface area contributed by atoms with Crippen LogP contribution in [0.15, 0.2) is 30.3 Å². The van der Waals surface area contributed by atoms with Crippen LogP contribution >= 0.6 is 11.3 Å². The van der Waals surface area contributed by atoms with Crippen LogP contribution in [0.4, 0.5) is 0 Å². The predicted octanol–water partition coefficient (Wildman–Crippen LogP) is 4.32. The molecular formula is C15H16O2S. The number of aryl methyl sites for hydroxylation is 1. The van der Waals surface area contributed by atoms with Crippen molar-refractivity contribution in [3.05, 3.63) is 40.8 Å². The molecule has 0 aliphatic carbocycles. The molecule has 1 aromatic carbocycles. The Morgan fingerprint density at radius 1 is 1.22 bits per heavy atom. The average molecular weight is 260 g/mol. The highest BCUT2D eigenvalue weighted by atomic mass is 32.1. The number of thiophene rings is 1. The van der Waals surface area contributed by atoms with Crippen molar-refractivity contribution in [2.75, 3.05) is 0 Å². The standard InChI is InChI=1S/C15H16O2S/c1-10(2)17-14-6-4-12(8-11(14)3)15-7-5-13(9-16)18-15/h4-10H,1-3H3. The minimum absolute atomic E-state index is 0.179. The fourth-order valence-corrected chi connectivity index (χ4v) is 2.58. The Bertz CT molecular complexity index is 555. The lowest BCUT2D eigenvalue weighted by atomic mass is 10.1. The van der Waals surface area contributed by atoms with Gasteiger partial charge in [-0.2, -0.15) is 0 Å². The van der Waals surface area contributed by atoms with Crippen LogP contribution < -0.4 is 4.74 Å². The number of hydrogen-bond acceptors (Lipinski definition) is 3. The second-order valence-corrected chi connectivity index (χ2v) is 5.58. The molecule has 2 nitrogen and oxygen atoms in total. The highest BCUT2D eigenvalue weighted by molar-refractivity contribution is 7.17. The Kier molecular flexibility index (Phi) is 3.82. The zero-order valence-electron chi connectivity index (χ0n) is 10.8. The molecule has 0 aliphatic rings. The molecule has 0 aliphatic heterocycles. The van der Waals surface area contributed by atoms with E-state index >= 15 is 0 Å². The quantitative estimate of drug-likeness (QED) is 0.765. The van der Waals surface area contributed by atoms with Gasteiger partial charge >= 0.3 is 0 Å². The van der Waals surface area contributed by atoms with E-state index in [0.717, 1.165) is 32.9 Å². The fraction of sp³-hybridized carbons (Fsp3) is 0.267. The minimum Gasteiger partial charge on any atom is -0.491 e. The Morgan fingerprint density at radius 3 is 2.56 bits per heavy atom. The van der Waals surface area contributed by atoms with E-state index < -0.39 is 0 Å². The molecule has 0 amide bonds. The van der Waals surface area contributed by atoms with Crippen LogP contribution in [-0.2, 0) is 0 Å². The number of ether oxygens (including phenoxy) is 1. The Labute approximate surface area is 111 Å². The first-order valence-electron chi connectivity index (χ1n) is 5.93. The number of rotatable bonds is 4. The molecule has 0 saturated carbocycles. The van der Waals surface area contributed by atoms with E-state index in [9.17, 15) is 4.79 Å². The van der Waals surface area contributed by atoms with E-state index in [1.807, 2.05) is 45.0 Å². The first-order valence-corrected chi connectivity index (χ1v) is 6.74. The van der Waals surface area contributed by atoms with Gasteiger partial charge in [0.25, 0.3) is 0 Å². The highest BCUT2D eigenvalue weighted by Gasteiger charge is 2.06. The monoisotopic (exact) mass is 260 g/mol. The first-order chi connectivity index (χ1) is 8.60. The van der Waals surface area contributed by atoms with Gasteiger partial charge in [-0.25, -0.2) is 0 Å². The highest BCUT2D eigenvalue weighted by Crippen LogP contribution is 2.31. The van der Waals surface area contributed by atoms with Gasteiger partial charge in [-0.05, 0) is 62.2 Å². The van der Waals surface area contributed by atoms with E-state index in [1.54, 1.807) is 0 Å². The molecule has 94 valence electrons. The van der Waals surface area contributed by atoms with Gasteiger partial charge in [0, 0.05) is 4.88 Å². The minimum atomic E-state index is 0.179. The van der Waals surface area contributed by atoms with E-state index in [1.165, 1.54) is 11.3 Å². The molecule has 2 aromatic rings. The molecule has 18 heavy (non-hydrogen) atoms. The van der Waals surface area contributed by atoms with E-state index in [0.29, 0.717) is 0 Å². The Balaban J connectivity index is 2.30. The van der Waals surface area contributed by atoms with Gasteiger partial charge in [0.1, 0.15) is 5.75 Å². The summed E-state index contributed by atoms with van der Waals surface area (Å²) in [6, 6.07) is 9.95. The van der Waals surface area contributed by atoms with Crippen LogP contribution in [-0.4, -0.2) is 12.4 Å². The van der Waals surface area contributed by atoms with Gasteiger partial charge in [-0.3, -0.25) is 4.79 Å². The smallest absolute Gasteiger partial charge is 0.160 e. The summed E-state index contributed by atoms with van der Waals surface area (Å²) >= 11 is 1.51. The molecule has 1 heterocycles. The molecular weight excluding hydrogens is 244 g/mol. The van der Waals surface area contributed by atoms with Crippen molar-refractivity contribution in [2.45, 2.75) is 26.9 Å². The van der Waals surface area contributed by atoms with E-state index in [2.05, 4.69) is 6.07 Å². The molecule has 0 saturated heterocycles. The fourth-order valence-electron chi connectivity index (χ4n) is 1.76. The zero-order valence-corrected chi connectivity index (χ0v) is 11.6. The lowest BCUT2D eigenvalue weighted by molar-refractivity contribution is 0.112. The van der Waals surface area contributed by atoms with Crippen LogP contribution in [0.25, 0.3) is 10.4 Å². The summed E-state index contributed by atoms with van der Waals surface area (Å²) in [6.07, 6.45) is 1.06. The van der Waals surface area contributed by atoms with Gasteiger partial charge in [0.05, 0.1) is 11.0 Å². The van der Waals surface area contributed by atoms with Crippen molar-refractivity contribution < 1.29 is 9.53 Å². The van der Waals surface area contributed by atoms with Crippen molar-refractivity contribution >= 4 is 17.6 Å². The summed E-state index contributed by atoms with van der Waals surface area (Å²) in [6.45, 7) is 6.07. The van der Waals surface area contributed by atoms with Gasteiger partial charge in [-0.15, -0.1) is 11.3 Å². The third kappa shape index (κ3) is 2.79. The van der Waals surface area contributed by atoms with Crippen LogP contribution in [0.5, 0.6) is 5.75 Å². The van der Waals surface area contributed by atoms with Crippen LogP contribution in [0.3, 0.4) is 0 Å². The van der Waals surface area contributed by atoms with Crippen molar-refractivity contribution in [1.29, 1.82) is 0 Å². The maximum atomic E-state index is 10.7. The van der Waals surface area contributed by atoms with E-state index in [4.69, 9.17) is 4.74 Å². The maximum absolute atomic E-state index is 10.7. The van der Waals surface area contributed by atoms with Crippen molar-refractivity contribution in [3.8, 4) is 16.2 Å². The molecule has 3 heteroatoms. The van der Waals surface area contributed by atoms with Gasteiger partial charge in [0.2, 0.25) is 0 Å². The molecule has 0 spiro atoms. The average Bonchev–Trinajstić information content (AvgIpc) is 2.80. The lowest BCUT2D eigenvalue weighted by Crippen LogP contribution is -2.06. The summed E-state index contributed by atoms with van der Waals surface area (Å²) < 4.78 is 5.71. The SMILES string of the molecule is Cc1cc(-c2ccc(C=O)s2)ccc1OC(C)C. The number of aldehydes is 1. The maximum Gasteiger partial charge on any atom is 0.160 e. The third-order valence-electron chi connectivity index (χ3n) is 2.57. The normalized spacial score (nSPS) is 10.7. The molecule has 0 N–H and O–H groups in total. The van der Waals surface area contributed by atoms with E-state index in [-0.39, 0.29) is 6.10 Å². The molecule has 1 aromatic heterocycles. The largest absolute Gasteiger partial charge is 0.491 e. The lowest BCUT2D eigenvalue weighted by Gasteiger charge is -2.13. The second-order valence-electron chi connectivity index (χ2n) is 4.47. The molecule has 0 unspecified atom stereocenters. The molecule has 0 atom stereocenters. The number of carbonyl (C=O) groups excluding carboxylic acids is 1. The summed E-state index contributed by atoms with van der Waals surface area (Å²) in [5.41, 5.74) is 2.24. The summed E-state index contributed by atoms with van der Waals surface area (Å²) in [4.78, 5) is 12.5. The Morgan fingerprint density at radius 2 is 2.00 bits per heavy atom. The van der Waals surface area contributed by atoms with Crippen LogP contribution in [0.2, 0.25) is 0 Å². The van der Waals surface area contributed by atoms with Crippen molar-refractivity contribution in [2.24, 2.45) is 0 Å². The van der Waals surface area contributed by atoms with Crippen LogP contribution in [0, 0.1) is 6.92 Å². The van der Waals surface area contributed by atoms with Gasteiger partial charge < -0.3 is 4.74 Å². The molecule has 0 radical (unpaired) electrons. The Hall–Kier alpha value is -1.61. The molecule has 0 bridgehead atoms. The van der Waals surface area contributed by atoms with Crippen molar-refractivity contribution in [3.63, 3.8) is 0 Å². The zero-order chi connectivity index (χ0) is 13.1. The predicted molar refractivity (Wildman–Crippen MR) is 75.6 cm³/mol. The molecule has 2 rings (SSSR count). The van der Waals surface area contributed by atoms with Gasteiger partial charge in [-0.1, -0.05) is 0 Å². The number of benzene rings is 1. The van der Waals surface area contributed by atoms with Gasteiger partial charge in [0.15, 0.2) is 6.29 Å².